The molecular weight excluding hydrogens is 348 g/mol. The van der Waals surface area contributed by atoms with Crippen LogP contribution in [0.2, 0.25) is 5.02 Å². The number of benzene rings is 1. The fourth-order valence-electron chi connectivity index (χ4n) is 2.21. The highest BCUT2D eigenvalue weighted by Gasteiger charge is 2.21. The minimum absolute atomic E-state index is 0.0477. The lowest BCUT2D eigenvalue weighted by Crippen LogP contribution is -2.44. The first-order valence-electron chi connectivity index (χ1n) is 7.47. The lowest BCUT2D eigenvalue weighted by Gasteiger charge is -2.19. The molecular formula is C16H19ClN4O2S. The van der Waals surface area contributed by atoms with Crippen LogP contribution in [0.5, 0.6) is 0 Å². The van der Waals surface area contributed by atoms with E-state index in [1.807, 2.05) is 26.0 Å². The maximum absolute atomic E-state index is 12.1. The lowest BCUT2D eigenvalue weighted by atomic mass is 10.0. The van der Waals surface area contributed by atoms with Crippen LogP contribution in [0.15, 0.2) is 35.7 Å². The summed E-state index contributed by atoms with van der Waals surface area (Å²) in [5.74, 6) is -0.0676. The molecule has 1 unspecified atom stereocenters. The van der Waals surface area contributed by atoms with Crippen molar-refractivity contribution in [3.63, 3.8) is 0 Å². The first-order valence-corrected chi connectivity index (χ1v) is 8.83. The molecule has 0 fully saturated rings. The molecule has 1 aromatic carbocycles. The number of ketones is 1. The van der Waals surface area contributed by atoms with Crippen molar-refractivity contribution in [2.75, 3.05) is 5.75 Å². The van der Waals surface area contributed by atoms with E-state index in [2.05, 4.69) is 15.5 Å². The number of hydrogen-bond acceptors (Lipinski definition) is 5. The van der Waals surface area contributed by atoms with Crippen molar-refractivity contribution in [2.24, 2.45) is 5.92 Å². The Morgan fingerprint density at radius 1 is 1.38 bits per heavy atom. The molecule has 0 radical (unpaired) electrons. The minimum atomic E-state index is -0.469. The molecule has 0 aliphatic rings. The van der Waals surface area contributed by atoms with Crippen molar-refractivity contribution < 1.29 is 9.59 Å². The largest absolute Gasteiger partial charge is 0.345 e. The van der Waals surface area contributed by atoms with Crippen LogP contribution in [-0.2, 0) is 9.59 Å². The number of Topliss-reactive ketones (excluding diaryl/α,β-unsaturated/α-hetero) is 1. The second kappa shape index (κ2) is 8.30. The molecule has 1 amide bonds. The van der Waals surface area contributed by atoms with Crippen molar-refractivity contribution in [1.82, 2.24) is 20.1 Å². The van der Waals surface area contributed by atoms with Gasteiger partial charge in [0.15, 0.2) is 10.9 Å². The van der Waals surface area contributed by atoms with Crippen molar-refractivity contribution in [1.29, 1.82) is 0 Å². The number of thioether (sulfide) groups is 1. The van der Waals surface area contributed by atoms with Gasteiger partial charge >= 0.3 is 0 Å². The van der Waals surface area contributed by atoms with E-state index >= 15 is 0 Å². The van der Waals surface area contributed by atoms with Gasteiger partial charge in [-0.25, -0.2) is 0 Å². The van der Waals surface area contributed by atoms with Gasteiger partial charge in [-0.3, -0.25) is 14.2 Å². The lowest BCUT2D eigenvalue weighted by molar-refractivity contribution is -0.126. The molecule has 24 heavy (non-hydrogen) atoms. The number of hydrogen-bond donors (Lipinski definition) is 1. The molecule has 1 heterocycles. The molecule has 0 saturated carbocycles. The number of carbonyl (C=O) groups excluding carboxylic acids is 2. The van der Waals surface area contributed by atoms with E-state index in [-0.39, 0.29) is 23.4 Å². The van der Waals surface area contributed by atoms with Crippen LogP contribution < -0.4 is 5.32 Å². The van der Waals surface area contributed by atoms with E-state index in [9.17, 15) is 9.59 Å². The van der Waals surface area contributed by atoms with Crippen molar-refractivity contribution in [3.8, 4) is 5.69 Å². The Labute approximate surface area is 150 Å². The third-order valence-electron chi connectivity index (χ3n) is 3.36. The summed E-state index contributed by atoms with van der Waals surface area (Å²) in [6.45, 7) is 5.28. The van der Waals surface area contributed by atoms with E-state index in [0.717, 1.165) is 5.69 Å². The van der Waals surface area contributed by atoms with Gasteiger partial charge in [0.05, 0.1) is 17.5 Å². The van der Waals surface area contributed by atoms with Crippen LogP contribution in [0.3, 0.4) is 0 Å². The Kier molecular flexibility index (Phi) is 6.39. The maximum Gasteiger partial charge on any atom is 0.231 e. The van der Waals surface area contributed by atoms with Crippen LogP contribution >= 0.6 is 23.4 Å². The second-order valence-electron chi connectivity index (χ2n) is 5.65. The van der Waals surface area contributed by atoms with Crippen LogP contribution in [0.25, 0.3) is 5.69 Å². The summed E-state index contributed by atoms with van der Waals surface area (Å²) in [7, 11) is 0. The molecule has 128 valence electrons. The van der Waals surface area contributed by atoms with Crippen LogP contribution in [0.1, 0.15) is 20.8 Å². The normalized spacial score (nSPS) is 12.2. The molecule has 1 atom stereocenters. The van der Waals surface area contributed by atoms with E-state index in [1.54, 1.807) is 23.0 Å². The number of nitrogens with zero attached hydrogens (tertiary/aromatic N) is 3. The fourth-order valence-corrected chi connectivity index (χ4v) is 3.13. The molecule has 1 N–H and O–H groups in total. The zero-order chi connectivity index (χ0) is 17.7. The topological polar surface area (TPSA) is 76.9 Å². The Morgan fingerprint density at radius 2 is 2.12 bits per heavy atom. The summed E-state index contributed by atoms with van der Waals surface area (Å²) >= 11 is 7.25. The molecule has 2 rings (SSSR count). The summed E-state index contributed by atoms with van der Waals surface area (Å²) in [6.07, 6.45) is 1.57. The van der Waals surface area contributed by atoms with Gasteiger partial charge in [-0.2, -0.15) is 0 Å². The number of carbonyl (C=O) groups is 2. The Balaban J connectivity index is 2.02. The number of rotatable bonds is 7. The standard InChI is InChI=1S/C16H19ClN4O2S/c1-10(2)15(11(3)22)19-14(23)8-24-16-20-18-9-21(16)13-6-4-5-12(17)7-13/h4-7,9-10,15H,8H2,1-3H3,(H,19,23). The highest BCUT2D eigenvalue weighted by molar-refractivity contribution is 7.99. The van der Waals surface area contributed by atoms with Gasteiger partial charge in [0.2, 0.25) is 5.91 Å². The molecule has 0 aliphatic carbocycles. The molecule has 0 saturated heterocycles. The van der Waals surface area contributed by atoms with E-state index in [1.165, 1.54) is 18.7 Å². The summed E-state index contributed by atoms with van der Waals surface area (Å²) in [5, 5.41) is 11.9. The summed E-state index contributed by atoms with van der Waals surface area (Å²) in [4.78, 5) is 23.7. The minimum Gasteiger partial charge on any atom is -0.345 e. The third-order valence-corrected chi connectivity index (χ3v) is 4.53. The summed E-state index contributed by atoms with van der Waals surface area (Å²) in [5.41, 5.74) is 0.819. The van der Waals surface area contributed by atoms with Gasteiger partial charge < -0.3 is 5.32 Å². The average Bonchev–Trinajstić information content (AvgIpc) is 2.98. The Morgan fingerprint density at radius 3 is 2.75 bits per heavy atom. The fraction of sp³-hybridized carbons (Fsp3) is 0.375. The van der Waals surface area contributed by atoms with Crippen LogP contribution in [-0.4, -0.2) is 38.2 Å². The van der Waals surface area contributed by atoms with Gasteiger partial charge in [-0.05, 0) is 31.0 Å². The average molecular weight is 367 g/mol. The van der Waals surface area contributed by atoms with Crippen molar-refractivity contribution >= 4 is 35.1 Å². The monoisotopic (exact) mass is 366 g/mol. The number of amides is 1. The molecule has 1 aromatic heterocycles. The van der Waals surface area contributed by atoms with Gasteiger partial charge in [-0.15, -0.1) is 10.2 Å². The van der Waals surface area contributed by atoms with Crippen LogP contribution in [0, 0.1) is 5.92 Å². The van der Waals surface area contributed by atoms with E-state index in [4.69, 9.17) is 11.6 Å². The SMILES string of the molecule is CC(=O)C(NC(=O)CSc1nncn1-c1cccc(Cl)c1)C(C)C. The van der Waals surface area contributed by atoms with Crippen molar-refractivity contribution in [2.45, 2.75) is 32.0 Å². The Hall–Kier alpha value is -1.86. The van der Waals surface area contributed by atoms with Crippen molar-refractivity contribution in [3.05, 3.63) is 35.6 Å². The molecule has 8 heteroatoms. The molecule has 0 spiro atoms. The number of nitrogens with one attached hydrogen (secondary N) is 1. The van der Waals surface area contributed by atoms with Gasteiger partial charge in [-0.1, -0.05) is 43.3 Å². The molecule has 2 aromatic rings. The first-order chi connectivity index (χ1) is 11.4. The molecule has 0 aliphatic heterocycles. The van der Waals surface area contributed by atoms with E-state index < -0.39 is 6.04 Å². The maximum atomic E-state index is 12.1. The summed E-state index contributed by atoms with van der Waals surface area (Å²) in [6, 6.07) is 6.82. The zero-order valence-corrected chi connectivity index (χ0v) is 15.3. The third kappa shape index (κ3) is 4.82. The molecule has 6 nitrogen and oxygen atoms in total. The molecule has 0 bridgehead atoms. The summed E-state index contributed by atoms with van der Waals surface area (Å²) < 4.78 is 1.76. The highest BCUT2D eigenvalue weighted by Crippen LogP contribution is 2.21. The quantitative estimate of drug-likeness (QED) is 0.762. The highest BCUT2D eigenvalue weighted by atomic mass is 35.5. The van der Waals surface area contributed by atoms with E-state index in [0.29, 0.717) is 10.2 Å². The number of aromatic nitrogens is 3. The van der Waals surface area contributed by atoms with Gasteiger partial charge in [0, 0.05) is 5.02 Å². The second-order valence-corrected chi connectivity index (χ2v) is 7.03. The van der Waals surface area contributed by atoms with Crippen LogP contribution in [0.4, 0.5) is 0 Å². The smallest absolute Gasteiger partial charge is 0.231 e. The number of halogens is 1. The zero-order valence-electron chi connectivity index (χ0n) is 13.7. The first kappa shape index (κ1) is 18.5. The van der Waals surface area contributed by atoms with Gasteiger partial charge in [0.1, 0.15) is 6.33 Å². The predicted octanol–water partition coefficient (Wildman–Crippen LogP) is 2.74. The van der Waals surface area contributed by atoms with Gasteiger partial charge in [0.25, 0.3) is 0 Å². The predicted molar refractivity (Wildman–Crippen MR) is 94.5 cm³/mol. The Bertz CT molecular complexity index is 732.